The molecule has 5 nitrogen and oxygen atoms in total. The first-order valence-electron chi connectivity index (χ1n) is 10.1. The second-order valence-electron chi connectivity index (χ2n) is 7.12. The summed E-state index contributed by atoms with van der Waals surface area (Å²) in [5.74, 6) is 0.355. The van der Waals surface area contributed by atoms with Gasteiger partial charge in [-0.15, -0.1) is 0 Å². The monoisotopic (exact) mass is 420 g/mol. The number of anilines is 1. The van der Waals surface area contributed by atoms with Crippen molar-refractivity contribution in [2.75, 3.05) is 19.0 Å². The Hall–Kier alpha value is -3.61. The lowest BCUT2D eigenvalue weighted by atomic mass is 10.0. The van der Waals surface area contributed by atoms with Gasteiger partial charge in [-0.25, -0.2) is 18.7 Å². The quantitative estimate of drug-likeness (QED) is 0.380. The number of rotatable bonds is 7. The van der Waals surface area contributed by atoms with Crippen LogP contribution in [0.5, 0.6) is 5.75 Å². The predicted octanol–water partition coefficient (Wildman–Crippen LogP) is 5.86. The number of unbranched alkanes of at least 4 members (excludes halogenated alkanes) is 1. The Morgan fingerprint density at radius 2 is 1.74 bits per heavy atom. The van der Waals surface area contributed by atoms with Crippen molar-refractivity contribution in [2.45, 2.75) is 19.8 Å². The molecule has 2 aromatic heterocycles. The summed E-state index contributed by atoms with van der Waals surface area (Å²) >= 11 is 0. The fraction of sp³-hybridized carbons (Fsp3) is 0.208. The van der Waals surface area contributed by atoms with Crippen LogP contribution in [0.25, 0.3) is 33.4 Å². The number of benzene rings is 2. The Morgan fingerprint density at radius 3 is 2.42 bits per heavy atom. The zero-order valence-electron chi connectivity index (χ0n) is 17.3. The Bertz CT molecular complexity index is 1200. The molecule has 0 spiro atoms. The molecule has 158 valence electrons. The predicted molar refractivity (Wildman–Crippen MR) is 118 cm³/mol. The van der Waals surface area contributed by atoms with Crippen molar-refractivity contribution in [2.24, 2.45) is 0 Å². The zero-order valence-corrected chi connectivity index (χ0v) is 17.3. The van der Waals surface area contributed by atoms with Gasteiger partial charge in [0.2, 0.25) is 0 Å². The Morgan fingerprint density at radius 1 is 0.968 bits per heavy atom. The Kier molecular flexibility index (Phi) is 6.02. The molecule has 0 saturated heterocycles. The number of nitrogens with zero attached hydrogens (tertiary/aromatic N) is 3. The van der Waals surface area contributed by atoms with E-state index < -0.39 is 11.6 Å². The van der Waals surface area contributed by atoms with Gasteiger partial charge >= 0.3 is 0 Å². The highest BCUT2D eigenvalue weighted by atomic mass is 19.1. The highest BCUT2D eigenvalue weighted by Gasteiger charge is 2.16. The van der Waals surface area contributed by atoms with Crippen molar-refractivity contribution in [1.82, 2.24) is 15.0 Å². The molecule has 4 rings (SSSR count). The van der Waals surface area contributed by atoms with Crippen LogP contribution in [0.1, 0.15) is 19.8 Å². The molecular formula is C24H22F2N4O. The van der Waals surface area contributed by atoms with E-state index in [2.05, 4.69) is 22.2 Å². The molecule has 31 heavy (non-hydrogen) atoms. The topological polar surface area (TPSA) is 59.9 Å². The van der Waals surface area contributed by atoms with Gasteiger partial charge in [0.05, 0.1) is 6.61 Å². The minimum atomic E-state index is -0.638. The number of hydrogen-bond acceptors (Lipinski definition) is 5. The lowest BCUT2D eigenvalue weighted by molar-refractivity contribution is 0.312. The molecule has 1 N–H and O–H groups in total. The van der Waals surface area contributed by atoms with Crippen LogP contribution >= 0.6 is 0 Å². The fourth-order valence-electron chi connectivity index (χ4n) is 3.34. The number of fused-ring (bicyclic) bond motifs is 1. The van der Waals surface area contributed by atoms with Crippen LogP contribution in [0.4, 0.5) is 14.6 Å². The Balaban J connectivity index is 1.94. The Labute approximate surface area is 179 Å². The highest BCUT2D eigenvalue weighted by molar-refractivity contribution is 5.97. The third-order valence-corrected chi connectivity index (χ3v) is 4.87. The number of ether oxygens (including phenoxy) is 1. The maximum absolute atomic E-state index is 13.8. The maximum atomic E-state index is 13.8. The van der Waals surface area contributed by atoms with Crippen molar-refractivity contribution in [3.8, 4) is 28.3 Å². The van der Waals surface area contributed by atoms with Gasteiger partial charge in [-0.1, -0.05) is 13.3 Å². The summed E-state index contributed by atoms with van der Waals surface area (Å²) in [7, 11) is 1.76. The summed E-state index contributed by atoms with van der Waals surface area (Å²) in [5, 5.41) is 3.80. The number of hydrogen-bond donors (Lipinski definition) is 1. The molecule has 0 fully saturated rings. The van der Waals surface area contributed by atoms with E-state index in [9.17, 15) is 8.78 Å². The molecule has 0 unspecified atom stereocenters. The van der Waals surface area contributed by atoms with Crippen LogP contribution in [0, 0.1) is 11.6 Å². The van der Waals surface area contributed by atoms with E-state index in [4.69, 9.17) is 9.72 Å². The van der Waals surface area contributed by atoms with Crippen LogP contribution in [-0.2, 0) is 0 Å². The summed E-state index contributed by atoms with van der Waals surface area (Å²) in [6.45, 7) is 2.59. The van der Waals surface area contributed by atoms with Gasteiger partial charge in [0.1, 0.15) is 28.7 Å². The zero-order chi connectivity index (χ0) is 21.8. The number of aromatic nitrogens is 3. The smallest absolute Gasteiger partial charge is 0.163 e. The summed E-state index contributed by atoms with van der Waals surface area (Å²) in [6, 6.07) is 10.7. The van der Waals surface area contributed by atoms with Gasteiger partial charge in [-0.3, -0.25) is 4.98 Å². The molecule has 0 aliphatic carbocycles. The van der Waals surface area contributed by atoms with E-state index >= 15 is 0 Å². The molecule has 0 atom stereocenters. The van der Waals surface area contributed by atoms with Gasteiger partial charge in [-0.05, 0) is 53.9 Å². The second kappa shape index (κ2) is 9.04. The minimum absolute atomic E-state index is 0.415. The van der Waals surface area contributed by atoms with Gasteiger partial charge in [0, 0.05) is 36.5 Å². The molecule has 0 aliphatic heterocycles. The van der Waals surface area contributed by atoms with Crippen molar-refractivity contribution < 1.29 is 13.5 Å². The van der Waals surface area contributed by atoms with E-state index in [0.29, 0.717) is 46.0 Å². The third-order valence-electron chi connectivity index (χ3n) is 4.87. The largest absolute Gasteiger partial charge is 0.491 e. The number of halogens is 2. The lowest BCUT2D eigenvalue weighted by Gasteiger charge is -2.15. The average Bonchev–Trinajstić information content (AvgIpc) is 2.78. The van der Waals surface area contributed by atoms with E-state index in [1.165, 1.54) is 12.1 Å². The number of nitrogens with one attached hydrogen (secondary N) is 1. The van der Waals surface area contributed by atoms with Gasteiger partial charge in [-0.2, -0.15) is 0 Å². The molecule has 0 amide bonds. The molecule has 2 heterocycles. The highest BCUT2D eigenvalue weighted by Crippen LogP contribution is 2.36. The average molecular weight is 420 g/mol. The lowest BCUT2D eigenvalue weighted by Crippen LogP contribution is -2.03. The van der Waals surface area contributed by atoms with Crippen LogP contribution in [-0.4, -0.2) is 28.6 Å². The van der Waals surface area contributed by atoms with Gasteiger partial charge in [0.15, 0.2) is 5.82 Å². The molecule has 7 heteroatoms. The molecule has 4 aromatic rings. The molecule has 0 bridgehead atoms. The number of pyridine rings is 1. The first-order valence-corrected chi connectivity index (χ1v) is 10.1. The van der Waals surface area contributed by atoms with Crippen LogP contribution in [0.15, 0.2) is 54.9 Å². The summed E-state index contributed by atoms with van der Waals surface area (Å²) in [6.07, 6.45) is 5.24. The van der Waals surface area contributed by atoms with E-state index in [0.717, 1.165) is 24.5 Å². The van der Waals surface area contributed by atoms with Crippen molar-refractivity contribution in [1.29, 1.82) is 0 Å². The maximum Gasteiger partial charge on any atom is 0.163 e. The van der Waals surface area contributed by atoms with Crippen LogP contribution < -0.4 is 10.1 Å². The molecular weight excluding hydrogens is 398 g/mol. The summed E-state index contributed by atoms with van der Waals surface area (Å²) in [5.41, 5.74) is 2.43. The van der Waals surface area contributed by atoms with Crippen LogP contribution in [0.3, 0.4) is 0 Å². The van der Waals surface area contributed by atoms with Crippen molar-refractivity contribution in [3.05, 3.63) is 66.5 Å². The molecule has 2 aromatic carbocycles. The SMILES string of the molecule is CCCCOc1cc(-c2cc(F)cc(F)c2)cc2c(NC)nc(-c3cccnc3)nc12. The van der Waals surface area contributed by atoms with E-state index in [1.807, 2.05) is 18.2 Å². The summed E-state index contributed by atoms with van der Waals surface area (Å²) < 4.78 is 33.7. The van der Waals surface area contributed by atoms with Gasteiger partial charge < -0.3 is 10.1 Å². The first kappa shape index (κ1) is 20.7. The van der Waals surface area contributed by atoms with E-state index in [1.54, 1.807) is 25.5 Å². The van der Waals surface area contributed by atoms with Crippen molar-refractivity contribution in [3.63, 3.8) is 0 Å². The standard InChI is InChI=1S/C24H22F2N4O/c1-3-4-8-31-21-12-17(16-9-18(25)13-19(26)10-16)11-20-22(21)29-23(30-24(20)27-2)15-6-5-7-28-14-15/h5-7,9-14H,3-4,8H2,1-2H3,(H,27,29,30). The second-order valence-corrected chi connectivity index (χ2v) is 7.12. The summed E-state index contributed by atoms with van der Waals surface area (Å²) in [4.78, 5) is 13.5. The van der Waals surface area contributed by atoms with Crippen molar-refractivity contribution >= 4 is 16.7 Å². The first-order chi connectivity index (χ1) is 15.1. The van der Waals surface area contributed by atoms with E-state index in [-0.39, 0.29) is 0 Å². The molecule has 0 saturated carbocycles. The van der Waals surface area contributed by atoms with Gasteiger partial charge in [0.25, 0.3) is 0 Å². The minimum Gasteiger partial charge on any atom is -0.491 e. The van der Waals surface area contributed by atoms with Crippen LogP contribution in [0.2, 0.25) is 0 Å². The third kappa shape index (κ3) is 4.45. The molecule has 0 aliphatic rings. The normalized spacial score (nSPS) is 11.0. The molecule has 0 radical (unpaired) electrons. The fourth-order valence-corrected chi connectivity index (χ4v) is 3.34.